The Balaban J connectivity index is 2.29. The standard InChI is InChI=1S/C16H28N2OS/c1-5-11-17-12-9-8-10-13-14(12)20-15(18-13)16(6-2,7-3)19-4/h12,17H,5-11H2,1-4H3. The molecule has 4 heteroatoms. The molecule has 0 aromatic carbocycles. The molecule has 1 aliphatic rings. The van der Waals surface area contributed by atoms with Gasteiger partial charge in [-0.25, -0.2) is 4.98 Å². The molecule has 0 radical (unpaired) electrons. The first-order valence-corrected chi connectivity index (χ1v) is 8.81. The van der Waals surface area contributed by atoms with E-state index in [-0.39, 0.29) is 5.60 Å². The van der Waals surface area contributed by atoms with Gasteiger partial charge < -0.3 is 10.1 Å². The van der Waals surface area contributed by atoms with E-state index >= 15 is 0 Å². The molecule has 1 N–H and O–H groups in total. The zero-order valence-corrected chi connectivity index (χ0v) is 14.1. The van der Waals surface area contributed by atoms with Crippen molar-refractivity contribution in [1.82, 2.24) is 10.3 Å². The minimum absolute atomic E-state index is 0.183. The average molecular weight is 296 g/mol. The summed E-state index contributed by atoms with van der Waals surface area (Å²) in [5.74, 6) is 0. The molecule has 0 saturated heterocycles. The monoisotopic (exact) mass is 296 g/mol. The van der Waals surface area contributed by atoms with Crippen LogP contribution >= 0.6 is 11.3 Å². The maximum Gasteiger partial charge on any atom is 0.125 e. The molecule has 0 spiro atoms. The molecule has 2 rings (SSSR count). The van der Waals surface area contributed by atoms with E-state index in [1.807, 2.05) is 18.4 Å². The number of nitrogens with zero attached hydrogens (tertiary/aromatic N) is 1. The predicted molar refractivity (Wildman–Crippen MR) is 85.4 cm³/mol. The molecule has 114 valence electrons. The van der Waals surface area contributed by atoms with Crippen molar-refractivity contribution in [3.63, 3.8) is 0 Å². The summed E-state index contributed by atoms with van der Waals surface area (Å²) in [6.45, 7) is 7.70. The van der Waals surface area contributed by atoms with Crippen LogP contribution in [0, 0.1) is 0 Å². The van der Waals surface area contributed by atoms with Gasteiger partial charge in [-0.1, -0.05) is 20.8 Å². The van der Waals surface area contributed by atoms with E-state index in [9.17, 15) is 0 Å². The SMILES string of the molecule is CCCNC1CCCc2nc(C(CC)(CC)OC)sc21. The van der Waals surface area contributed by atoms with E-state index in [0.29, 0.717) is 6.04 Å². The van der Waals surface area contributed by atoms with E-state index < -0.39 is 0 Å². The van der Waals surface area contributed by atoms with Crippen LogP contribution < -0.4 is 5.32 Å². The van der Waals surface area contributed by atoms with E-state index in [1.54, 1.807) is 0 Å². The second-order valence-electron chi connectivity index (χ2n) is 5.63. The van der Waals surface area contributed by atoms with Gasteiger partial charge in [-0.3, -0.25) is 0 Å². The fourth-order valence-corrected chi connectivity index (χ4v) is 4.59. The Kier molecular flexibility index (Phi) is 5.58. The smallest absolute Gasteiger partial charge is 0.125 e. The summed E-state index contributed by atoms with van der Waals surface area (Å²) in [7, 11) is 1.82. The predicted octanol–water partition coefficient (Wildman–Crippen LogP) is 4.18. The Hall–Kier alpha value is -0.450. The Labute approximate surface area is 127 Å². The summed E-state index contributed by atoms with van der Waals surface area (Å²) in [6, 6.07) is 0.508. The Morgan fingerprint density at radius 2 is 2.10 bits per heavy atom. The topological polar surface area (TPSA) is 34.2 Å². The zero-order valence-electron chi connectivity index (χ0n) is 13.3. The minimum Gasteiger partial charge on any atom is -0.371 e. The molecule has 1 unspecified atom stereocenters. The summed E-state index contributed by atoms with van der Waals surface area (Å²) in [6.07, 6.45) is 6.77. The highest BCUT2D eigenvalue weighted by Crippen LogP contribution is 2.41. The van der Waals surface area contributed by atoms with Gasteiger partial charge in [-0.05, 0) is 45.1 Å². The van der Waals surface area contributed by atoms with Crippen molar-refractivity contribution in [1.29, 1.82) is 0 Å². The van der Waals surface area contributed by atoms with Crippen molar-refractivity contribution < 1.29 is 4.74 Å². The second kappa shape index (κ2) is 7.01. The fourth-order valence-electron chi connectivity index (χ4n) is 3.06. The highest BCUT2D eigenvalue weighted by molar-refractivity contribution is 7.12. The van der Waals surface area contributed by atoms with Crippen molar-refractivity contribution in [3.05, 3.63) is 15.6 Å². The number of aromatic nitrogens is 1. The number of rotatable bonds is 7. The Morgan fingerprint density at radius 1 is 1.35 bits per heavy atom. The van der Waals surface area contributed by atoms with Gasteiger partial charge in [0, 0.05) is 18.0 Å². The second-order valence-corrected chi connectivity index (χ2v) is 6.67. The Morgan fingerprint density at radius 3 is 2.70 bits per heavy atom. The van der Waals surface area contributed by atoms with E-state index in [4.69, 9.17) is 9.72 Å². The third kappa shape index (κ3) is 2.92. The lowest BCUT2D eigenvalue weighted by Gasteiger charge is -2.27. The van der Waals surface area contributed by atoms with Gasteiger partial charge in [-0.15, -0.1) is 11.3 Å². The van der Waals surface area contributed by atoms with Gasteiger partial charge in [0.2, 0.25) is 0 Å². The lowest BCUT2D eigenvalue weighted by Crippen LogP contribution is -2.26. The molecule has 0 bridgehead atoms. The summed E-state index contributed by atoms with van der Waals surface area (Å²) in [4.78, 5) is 6.41. The van der Waals surface area contributed by atoms with Crippen LogP contribution in [0.3, 0.4) is 0 Å². The number of hydrogen-bond donors (Lipinski definition) is 1. The van der Waals surface area contributed by atoms with Crippen LogP contribution in [0.25, 0.3) is 0 Å². The summed E-state index contributed by atoms with van der Waals surface area (Å²) < 4.78 is 5.84. The molecule has 3 nitrogen and oxygen atoms in total. The molecule has 0 saturated carbocycles. The largest absolute Gasteiger partial charge is 0.371 e. The van der Waals surface area contributed by atoms with E-state index in [1.165, 1.54) is 34.8 Å². The van der Waals surface area contributed by atoms with Crippen LogP contribution in [-0.4, -0.2) is 18.6 Å². The van der Waals surface area contributed by atoms with E-state index in [0.717, 1.165) is 25.8 Å². The molecule has 1 aromatic heterocycles. The van der Waals surface area contributed by atoms with Crippen molar-refractivity contribution in [3.8, 4) is 0 Å². The lowest BCUT2D eigenvalue weighted by molar-refractivity contribution is -0.0219. The van der Waals surface area contributed by atoms with Gasteiger partial charge in [0.15, 0.2) is 0 Å². The van der Waals surface area contributed by atoms with Gasteiger partial charge in [0.25, 0.3) is 0 Å². The number of hydrogen-bond acceptors (Lipinski definition) is 4. The molecule has 0 aliphatic heterocycles. The quantitative estimate of drug-likeness (QED) is 0.819. The van der Waals surface area contributed by atoms with Gasteiger partial charge in [-0.2, -0.15) is 0 Å². The van der Waals surface area contributed by atoms with Crippen LogP contribution in [0.1, 0.15) is 74.5 Å². The minimum atomic E-state index is -0.183. The molecule has 0 fully saturated rings. The van der Waals surface area contributed by atoms with Crippen molar-refractivity contribution in [2.45, 2.75) is 70.9 Å². The van der Waals surface area contributed by atoms with Crippen molar-refractivity contribution >= 4 is 11.3 Å². The van der Waals surface area contributed by atoms with Crippen molar-refractivity contribution in [2.75, 3.05) is 13.7 Å². The summed E-state index contributed by atoms with van der Waals surface area (Å²) in [5.41, 5.74) is 1.13. The number of methoxy groups -OCH3 is 1. The number of nitrogens with one attached hydrogen (secondary N) is 1. The molecule has 1 aromatic rings. The molecule has 20 heavy (non-hydrogen) atoms. The summed E-state index contributed by atoms with van der Waals surface area (Å²) >= 11 is 1.88. The number of ether oxygens (including phenoxy) is 1. The van der Waals surface area contributed by atoms with E-state index in [2.05, 4.69) is 26.1 Å². The maximum atomic E-state index is 5.84. The molecule has 1 aliphatic carbocycles. The van der Waals surface area contributed by atoms with Crippen LogP contribution in [0.4, 0.5) is 0 Å². The first-order valence-electron chi connectivity index (χ1n) is 7.99. The van der Waals surface area contributed by atoms with Crippen LogP contribution in [0.5, 0.6) is 0 Å². The highest BCUT2D eigenvalue weighted by atomic mass is 32.1. The molecular weight excluding hydrogens is 268 g/mol. The zero-order chi connectivity index (χ0) is 14.6. The van der Waals surface area contributed by atoms with Crippen LogP contribution in [0.2, 0.25) is 0 Å². The molecule has 1 atom stereocenters. The highest BCUT2D eigenvalue weighted by Gasteiger charge is 2.34. The number of thiazole rings is 1. The normalized spacial score (nSPS) is 19.1. The molecular formula is C16H28N2OS. The Bertz CT molecular complexity index is 418. The number of aryl methyl sites for hydroxylation is 1. The van der Waals surface area contributed by atoms with Gasteiger partial charge >= 0.3 is 0 Å². The average Bonchev–Trinajstić information content (AvgIpc) is 2.92. The lowest BCUT2D eigenvalue weighted by atomic mass is 9.96. The van der Waals surface area contributed by atoms with Crippen LogP contribution in [0.15, 0.2) is 0 Å². The van der Waals surface area contributed by atoms with Crippen LogP contribution in [-0.2, 0) is 16.8 Å². The van der Waals surface area contributed by atoms with Gasteiger partial charge in [0.1, 0.15) is 10.6 Å². The maximum absolute atomic E-state index is 5.84. The molecule has 0 amide bonds. The molecule has 1 heterocycles. The fraction of sp³-hybridized carbons (Fsp3) is 0.812. The third-order valence-corrected chi connectivity index (χ3v) is 5.91. The van der Waals surface area contributed by atoms with Gasteiger partial charge in [0.05, 0.1) is 5.69 Å². The first kappa shape index (κ1) is 15.9. The summed E-state index contributed by atoms with van der Waals surface area (Å²) in [5, 5.41) is 4.86. The third-order valence-electron chi connectivity index (χ3n) is 4.51. The van der Waals surface area contributed by atoms with Crippen molar-refractivity contribution in [2.24, 2.45) is 0 Å². The number of fused-ring (bicyclic) bond motifs is 1. The first-order chi connectivity index (χ1) is 9.70.